The normalized spacial score (nSPS) is 14.6. The monoisotopic (exact) mass is 770 g/mol. The number of anilines is 2. The Labute approximate surface area is 326 Å². The third-order valence-electron chi connectivity index (χ3n) is 9.46. The first kappa shape index (κ1) is 43.0. The highest BCUT2D eigenvalue weighted by molar-refractivity contribution is 6.10. The Morgan fingerprint density at radius 1 is 0.768 bits per heavy atom. The lowest BCUT2D eigenvalue weighted by Gasteiger charge is -2.18. The smallest absolute Gasteiger partial charge is 0.323 e. The van der Waals surface area contributed by atoms with Gasteiger partial charge in [0.05, 0.1) is 17.1 Å². The molecule has 2 unspecified atom stereocenters. The average Bonchev–Trinajstić information content (AvgIpc) is 3.57. The summed E-state index contributed by atoms with van der Waals surface area (Å²) < 4.78 is 0. The third-order valence-corrected chi connectivity index (χ3v) is 9.46. The van der Waals surface area contributed by atoms with Gasteiger partial charge in [-0.15, -0.1) is 0 Å². The predicted octanol–water partition coefficient (Wildman–Crippen LogP) is 4.02. The minimum absolute atomic E-state index is 0.247. The molecule has 4 rings (SSSR count). The summed E-state index contributed by atoms with van der Waals surface area (Å²) >= 11 is 0. The number of carbonyl (C=O) groups excluding carboxylic acids is 5. The van der Waals surface area contributed by atoms with E-state index in [1.807, 2.05) is 0 Å². The molecule has 2 atom stereocenters. The Morgan fingerprint density at radius 3 is 1.89 bits per heavy atom. The molecule has 4 amide bonds. The molecule has 1 aromatic heterocycles. The molecule has 0 bridgehead atoms. The molecule has 2 aromatic carbocycles. The van der Waals surface area contributed by atoms with Crippen molar-refractivity contribution >= 4 is 51.8 Å². The first-order chi connectivity index (χ1) is 26.9. The van der Waals surface area contributed by atoms with Gasteiger partial charge < -0.3 is 41.0 Å². The highest BCUT2D eigenvalue weighted by atomic mass is 16.2. The number of aromatic amines is 2. The van der Waals surface area contributed by atoms with Crippen LogP contribution in [0.15, 0.2) is 75.2 Å². The van der Waals surface area contributed by atoms with Crippen LogP contribution in [-0.4, -0.2) is 114 Å². The van der Waals surface area contributed by atoms with Crippen LogP contribution < -0.4 is 27.0 Å². The summed E-state index contributed by atoms with van der Waals surface area (Å²) in [6.45, 7) is 15.9. The van der Waals surface area contributed by atoms with E-state index in [4.69, 9.17) is 0 Å². The lowest BCUT2D eigenvalue weighted by atomic mass is 10.0. The summed E-state index contributed by atoms with van der Waals surface area (Å²) in [5.74, 6) is -2.35. The molecule has 0 saturated heterocycles. The maximum atomic E-state index is 13.4. The van der Waals surface area contributed by atoms with Crippen molar-refractivity contribution in [3.05, 3.63) is 81.8 Å². The number of hydrogen-bond acceptors (Lipinski definition) is 10. The summed E-state index contributed by atoms with van der Waals surface area (Å²) in [6.07, 6.45) is 6.66. The molecule has 1 aliphatic carbocycles. The standard InChI is InChI=1S/C40H54N10O6/c1-6-49(7-2)20-10-18-41-36(52)28-22-29(37(53)42-19-11-21-50(8-3)9-4)24-32(23-28)44-38(54)27-12-14-30(15-13-27)47-48-35(26(5)51)39(55)43-31-16-17-33-34(25-31)46-40(56)45-33/h12-14,16-17,22-25,30,35H,6-11,15,18-21H2,1-5H3,(H,41,52)(H,42,53)(H,43,55)(H,44,54)(H2,45,46,56)/b48-47+. The number of H-pyrrole nitrogens is 2. The quantitative estimate of drug-likeness (QED) is 0.0528. The highest BCUT2D eigenvalue weighted by Crippen LogP contribution is 2.20. The lowest BCUT2D eigenvalue weighted by Crippen LogP contribution is -2.32. The van der Waals surface area contributed by atoms with Crippen LogP contribution in [0.4, 0.5) is 11.4 Å². The molecule has 6 N–H and O–H groups in total. The number of rotatable bonds is 21. The second-order valence-corrected chi connectivity index (χ2v) is 13.4. The van der Waals surface area contributed by atoms with Crippen LogP contribution in [-0.2, 0) is 14.4 Å². The molecular weight excluding hydrogens is 717 g/mol. The van der Waals surface area contributed by atoms with Gasteiger partial charge in [-0.05, 0) is 102 Å². The molecule has 1 aliphatic rings. The molecule has 0 radical (unpaired) electrons. The van der Waals surface area contributed by atoms with E-state index >= 15 is 0 Å². The number of azo groups is 1. The van der Waals surface area contributed by atoms with E-state index in [1.54, 1.807) is 48.6 Å². The molecule has 0 aliphatic heterocycles. The van der Waals surface area contributed by atoms with E-state index in [2.05, 4.69) is 79.0 Å². The van der Waals surface area contributed by atoms with Crippen molar-refractivity contribution in [1.29, 1.82) is 0 Å². The predicted molar refractivity (Wildman–Crippen MR) is 217 cm³/mol. The maximum Gasteiger partial charge on any atom is 0.323 e. The number of ketones is 1. The maximum absolute atomic E-state index is 13.4. The average molecular weight is 771 g/mol. The van der Waals surface area contributed by atoms with Crippen molar-refractivity contribution in [2.24, 2.45) is 10.2 Å². The van der Waals surface area contributed by atoms with Gasteiger partial charge in [0.2, 0.25) is 6.04 Å². The number of nitrogens with zero attached hydrogens (tertiary/aromatic N) is 4. The van der Waals surface area contributed by atoms with E-state index in [0.29, 0.717) is 35.4 Å². The van der Waals surface area contributed by atoms with Crippen molar-refractivity contribution in [3.63, 3.8) is 0 Å². The first-order valence-electron chi connectivity index (χ1n) is 19.2. The van der Waals surface area contributed by atoms with Crippen LogP contribution in [0.25, 0.3) is 11.0 Å². The summed E-state index contributed by atoms with van der Waals surface area (Å²) in [5, 5.41) is 19.5. The number of Topliss-reactive ketones (excluding diaryl/α,β-unsaturated/α-hetero) is 1. The minimum Gasteiger partial charge on any atom is -0.352 e. The Balaban J connectivity index is 1.40. The summed E-state index contributed by atoms with van der Waals surface area (Å²) in [5.41, 5.74) is 2.14. The van der Waals surface area contributed by atoms with E-state index in [-0.39, 0.29) is 40.7 Å². The molecule has 0 fully saturated rings. The Morgan fingerprint density at radius 2 is 1.36 bits per heavy atom. The molecular formula is C40H54N10O6. The van der Waals surface area contributed by atoms with Gasteiger partial charge in [-0.2, -0.15) is 10.2 Å². The minimum atomic E-state index is -1.40. The number of hydrogen-bond donors (Lipinski definition) is 6. The van der Waals surface area contributed by atoms with Gasteiger partial charge in [0.1, 0.15) is 0 Å². The fourth-order valence-corrected chi connectivity index (χ4v) is 6.11. The van der Waals surface area contributed by atoms with Gasteiger partial charge in [-0.3, -0.25) is 24.0 Å². The van der Waals surface area contributed by atoms with E-state index in [0.717, 1.165) is 52.1 Å². The highest BCUT2D eigenvalue weighted by Gasteiger charge is 2.24. The number of benzene rings is 2. The van der Waals surface area contributed by atoms with Crippen molar-refractivity contribution < 1.29 is 24.0 Å². The summed E-state index contributed by atoms with van der Waals surface area (Å²) in [4.78, 5) is 86.5. The van der Waals surface area contributed by atoms with Crippen LogP contribution in [0.1, 0.15) is 74.6 Å². The fourth-order valence-electron chi connectivity index (χ4n) is 6.11. The summed E-state index contributed by atoms with van der Waals surface area (Å²) in [6, 6.07) is 7.45. The summed E-state index contributed by atoms with van der Waals surface area (Å²) in [7, 11) is 0. The van der Waals surface area contributed by atoms with Crippen molar-refractivity contribution in [2.45, 2.75) is 66.0 Å². The number of amides is 4. The number of carbonyl (C=O) groups is 5. The number of imidazole rings is 1. The van der Waals surface area contributed by atoms with Crippen LogP contribution in [0.5, 0.6) is 0 Å². The van der Waals surface area contributed by atoms with Gasteiger partial charge >= 0.3 is 5.69 Å². The van der Waals surface area contributed by atoms with Gasteiger partial charge in [0.15, 0.2) is 5.78 Å². The topological polar surface area (TPSA) is 213 Å². The van der Waals surface area contributed by atoms with Crippen LogP contribution in [0.2, 0.25) is 0 Å². The zero-order chi connectivity index (χ0) is 40.6. The molecule has 56 heavy (non-hydrogen) atoms. The second-order valence-electron chi connectivity index (χ2n) is 13.4. The Hall–Kier alpha value is -5.74. The van der Waals surface area contributed by atoms with Crippen molar-refractivity contribution in [3.8, 4) is 0 Å². The van der Waals surface area contributed by atoms with Gasteiger partial charge in [-0.25, -0.2) is 4.79 Å². The second kappa shape index (κ2) is 21.4. The van der Waals surface area contributed by atoms with E-state index < -0.39 is 29.7 Å². The molecule has 16 nitrogen and oxygen atoms in total. The molecule has 16 heteroatoms. The van der Waals surface area contributed by atoms with Crippen molar-refractivity contribution in [1.82, 2.24) is 30.4 Å². The lowest BCUT2D eigenvalue weighted by molar-refractivity contribution is -0.126. The molecule has 3 aromatic rings. The van der Waals surface area contributed by atoms with Crippen LogP contribution in [0, 0.1) is 0 Å². The fraction of sp³-hybridized carbons (Fsp3) is 0.450. The molecule has 0 saturated carbocycles. The number of aromatic nitrogens is 2. The molecule has 1 heterocycles. The Kier molecular flexibility index (Phi) is 16.4. The molecule has 0 spiro atoms. The van der Waals surface area contributed by atoms with Gasteiger partial charge in [0.25, 0.3) is 23.6 Å². The zero-order valence-electron chi connectivity index (χ0n) is 32.9. The zero-order valence-corrected chi connectivity index (χ0v) is 32.9. The van der Waals surface area contributed by atoms with Crippen LogP contribution >= 0.6 is 0 Å². The number of nitrogens with one attached hydrogen (secondary N) is 6. The Bertz CT molecular complexity index is 1960. The van der Waals surface area contributed by atoms with Crippen LogP contribution in [0.3, 0.4) is 0 Å². The SMILES string of the molecule is CCN(CC)CCCNC(=O)c1cc(NC(=O)C2=CCC(/N=N/C(C(C)=O)C(=O)Nc3ccc4[nH]c(=O)[nH]c4c3)C=C2)cc(C(=O)NCCCN(CC)CC)c1. The number of fused-ring (bicyclic) bond motifs is 1. The first-order valence-corrected chi connectivity index (χ1v) is 19.2. The largest absolute Gasteiger partial charge is 0.352 e. The van der Waals surface area contributed by atoms with Crippen molar-refractivity contribution in [2.75, 3.05) is 63.0 Å². The third kappa shape index (κ3) is 12.7. The molecule has 300 valence electrons. The van der Waals surface area contributed by atoms with Gasteiger partial charge in [0, 0.05) is 41.2 Å². The van der Waals surface area contributed by atoms with E-state index in [9.17, 15) is 28.8 Å². The van der Waals surface area contributed by atoms with Gasteiger partial charge in [-0.1, -0.05) is 45.9 Å². The van der Waals surface area contributed by atoms with E-state index in [1.165, 1.54) is 13.0 Å².